The van der Waals surface area contributed by atoms with Crippen molar-refractivity contribution >= 4 is 5.69 Å². The van der Waals surface area contributed by atoms with Gasteiger partial charge in [0, 0.05) is 30.9 Å². The number of likely N-dealkylation sites (tertiary alicyclic amines) is 1. The number of rotatable bonds is 3. The number of nitrogens with zero attached hydrogens (tertiary/aromatic N) is 1. The van der Waals surface area contributed by atoms with Crippen LogP contribution in [0, 0.1) is 0 Å². The van der Waals surface area contributed by atoms with Gasteiger partial charge in [0.1, 0.15) is 0 Å². The molecule has 21 heavy (non-hydrogen) atoms. The van der Waals surface area contributed by atoms with E-state index in [1.807, 2.05) is 0 Å². The van der Waals surface area contributed by atoms with E-state index >= 15 is 0 Å². The van der Waals surface area contributed by atoms with Crippen molar-refractivity contribution < 1.29 is 0 Å². The summed E-state index contributed by atoms with van der Waals surface area (Å²) in [5.74, 6) is 0. The molecule has 3 rings (SSSR count). The van der Waals surface area contributed by atoms with Gasteiger partial charge in [-0.25, -0.2) is 0 Å². The largest absolute Gasteiger partial charge is 0.382 e. The van der Waals surface area contributed by atoms with E-state index in [9.17, 15) is 0 Å². The number of piperidine rings is 1. The highest BCUT2D eigenvalue weighted by molar-refractivity contribution is 5.43. The van der Waals surface area contributed by atoms with Crippen LogP contribution in [0.5, 0.6) is 0 Å². The molecule has 0 aromatic heterocycles. The van der Waals surface area contributed by atoms with Gasteiger partial charge in [-0.3, -0.25) is 0 Å². The van der Waals surface area contributed by atoms with Crippen molar-refractivity contribution in [2.75, 3.05) is 18.4 Å². The SMILES string of the molecule is c1ccc(NC2CCN(C3CCCCCCC3)CC2)cc1. The molecule has 2 heteroatoms. The molecule has 1 aliphatic carbocycles. The van der Waals surface area contributed by atoms with Gasteiger partial charge in [-0.1, -0.05) is 50.3 Å². The van der Waals surface area contributed by atoms with E-state index in [0.29, 0.717) is 6.04 Å². The summed E-state index contributed by atoms with van der Waals surface area (Å²) in [5.41, 5.74) is 1.28. The Kier molecular flexibility index (Phi) is 5.56. The van der Waals surface area contributed by atoms with Crippen LogP contribution in [0.25, 0.3) is 0 Å². The molecular formula is C19H30N2. The monoisotopic (exact) mass is 286 g/mol. The molecule has 1 heterocycles. The van der Waals surface area contributed by atoms with Gasteiger partial charge in [0.15, 0.2) is 0 Å². The lowest BCUT2D eigenvalue weighted by atomic mass is 9.93. The maximum atomic E-state index is 3.70. The molecule has 1 saturated carbocycles. The van der Waals surface area contributed by atoms with Crippen LogP contribution in [0.1, 0.15) is 57.8 Å². The third kappa shape index (κ3) is 4.47. The minimum atomic E-state index is 0.664. The number of hydrogen-bond acceptors (Lipinski definition) is 2. The highest BCUT2D eigenvalue weighted by Crippen LogP contribution is 2.25. The van der Waals surface area contributed by atoms with Crippen LogP contribution < -0.4 is 5.32 Å². The second-order valence-corrected chi connectivity index (χ2v) is 6.82. The number of anilines is 1. The maximum absolute atomic E-state index is 3.70. The first-order valence-corrected chi connectivity index (χ1v) is 8.97. The van der Waals surface area contributed by atoms with Crippen molar-refractivity contribution in [3.63, 3.8) is 0 Å². The molecule has 0 radical (unpaired) electrons. The van der Waals surface area contributed by atoms with Gasteiger partial charge in [-0.15, -0.1) is 0 Å². The smallest absolute Gasteiger partial charge is 0.0342 e. The van der Waals surface area contributed by atoms with Gasteiger partial charge in [-0.2, -0.15) is 0 Å². The van der Waals surface area contributed by atoms with Gasteiger partial charge >= 0.3 is 0 Å². The molecule has 1 aromatic rings. The zero-order chi connectivity index (χ0) is 14.3. The van der Waals surface area contributed by atoms with E-state index in [-0.39, 0.29) is 0 Å². The number of para-hydroxylation sites is 1. The van der Waals surface area contributed by atoms with E-state index in [1.165, 1.54) is 76.6 Å². The maximum Gasteiger partial charge on any atom is 0.0342 e. The summed E-state index contributed by atoms with van der Waals surface area (Å²) in [6.07, 6.45) is 12.8. The lowest BCUT2D eigenvalue weighted by Gasteiger charge is -2.39. The topological polar surface area (TPSA) is 15.3 Å². The van der Waals surface area contributed by atoms with Gasteiger partial charge in [-0.05, 0) is 37.8 Å². The summed E-state index contributed by atoms with van der Waals surface area (Å²) in [5, 5.41) is 3.70. The minimum absolute atomic E-state index is 0.664. The number of nitrogens with one attached hydrogen (secondary N) is 1. The second kappa shape index (κ2) is 7.84. The molecular weight excluding hydrogens is 256 g/mol. The predicted molar refractivity (Wildman–Crippen MR) is 90.8 cm³/mol. The predicted octanol–water partition coefficient (Wildman–Crippen LogP) is 4.68. The summed E-state index contributed by atoms with van der Waals surface area (Å²) in [7, 11) is 0. The van der Waals surface area contributed by atoms with Crippen molar-refractivity contribution in [1.29, 1.82) is 0 Å². The average molecular weight is 286 g/mol. The zero-order valence-electron chi connectivity index (χ0n) is 13.3. The van der Waals surface area contributed by atoms with Crippen molar-refractivity contribution in [1.82, 2.24) is 4.90 Å². The lowest BCUT2D eigenvalue weighted by molar-refractivity contribution is 0.133. The van der Waals surface area contributed by atoms with Gasteiger partial charge in [0.25, 0.3) is 0 Å². The van der Waals surface area contributed by atoms with Crippen LogP contribution in [-0.4, -0.2) is 30.1 Å². The van der Waals surface area contributed by atoms with Crippen LogP contribution in [-0.2, 0) is 0 Å². The molecule has 1 aliphatic heterocycles. The van der Waals surface area contributed by atoms with E-state index in [2.05, 4.69) is 40.5 Å². The quantitative estimate of drug-likeness (QED) is 0.868. The molecule has 1 saturated heterocycles. The normalized spacial score (nSPS) is 23.4. The Morgan fingerprint density at radius 2 is 1.38 bits per heavy atom. The van der Waals surface area contributed by atoms with E-state index in [0.717, 1.165) is 6.04 Å². The fourth-order valence-corrected chi connectivity index (χ4v) is 3.98. The first-order chi connectivity index (χ1) is 10.4. The highest BCUT2D eigenvalue weighted by Gasteiger charge is 2.25. The van der Waals surface area contributed by atoms with E-state index < -0.39 is 0 Å². The third-order valence-electron chi connectivity index (χ3n) is 5.27. The first kappa shape index (κ1) is 14.9. The van der Waals surface area contributed by atoms with Crippen LogP contribution >= 0.6 is 0 Å². The summed E-state index contributed by atoms with van der Waals surface area (Å²) in [4.78, 5) is 2.79. The molecule has 0 bridgehead atoms. The Hall–Kier alpha value is -1.02. The Morgan fingerprint density at radius 3 is 2.05 bits per heavy atom. The van der Waals surface area contributed by atoms with Crippen molar-refractivity contribution in [3.8, 4) is 0 Å². The van der Waals surface area contributed by atoms with Crippen molar-refractivity contribution in [2.45, 2.75) is 69.9 Å². The Balaban J connectivity index is 1.45. The Bertz CT molecular complexity index is 387. The first-order valence-electron chi connectivity index (χ1n) is 8.97. The van der Waals surface area contributed by atoms with Gasteiger partial charge < -0.3 is 10.2 Å². The fourth-order valence-electron chi connectivity index (χ4n) is 3.98. The number of hydrogen-bond donors (Lipinski definition) is 1. The Labute approximate surface area is 129 Å². The Morgan fingerprint density at radius 1 is 0.762 bits per heavy atom. The number of benzene rings is 1. The molecule has 0 atom stereocenters. The minimum Gasteiger partial charge on any atom is -0.382 e. The summed E-state index contributed by atoms with van der Waals surface area (Å²) >= 11 is 0. The van der Waals surface area contributed by atoms with Crippen molar-refractivity contribution in [2.24, 2.45) is 0 Å². The average Bonchev–Trinajstić information content (AvgIpc) is 2.49. The molecule has 2 fully saturated rings. The molecule has 116 valence electrons. The second-order valence-electron chi connectivity index (χ2n) is 6.82. The van der Waals surface area contributed by atoms with Crippen LogP contribution in [0.4, 0.5) is 5.69 Å². The van der Waals surface area contributed by atoms with Crippen LogP contribution in [0.15, 0.2) is 30.3 Å². The summed E-state index contributed by atoms with van der Waals surface area (Å²) in [6.45, 7) is 2.57. The summed E-state index contributed by atoms with van der Waals surface area (Å²) < 4.78 is 0. The molecule has 0 spiro atoms. The van der Waals surface area contributed by atoms with E-state index in [1.54, 1.807) is 0 Å². The van der Waals surface area contributed by atoms with Crippen molar-refractivity contribution in [3.05, 3.63) is 30.3 Å². The molecule has 2 nitrogen and oxygen atoms in total. The zero-order valence-corrected chi connectivity index (χ0v) is 13.3. The van der Waals surface area contributed by atoms with Crippen LogP contribution in [0.3, 0.4) is 0 Å². The molecule has 0 unspecified atom stereocenters. The molecule has 1 N–H and O–H groups in total. The molecule has 0 amide bonds. The lowest BCUT2D eigenvalue weighted by Crippen LogP contribution is -2.44. The van der Waals surface area contributed by atoms with Crippen LogP contribution in [0.2, 0.25) is 0 Å². The van der Waals surface area contributed by atoms with Gasteiger partial charge in [0.2, 0.25) is 0 Å². The summed E-state index contributed by atoms with van der Waals surface area (Å²) in [6, 6.07) is 12.2. The molecule has 2 aliphatic rings. The third-order valence-corrected chi connectivity index (χ3v) is 5.27. The van der Waals surface area contributed by atoms with E-state index in [4.69, 9.17) is 0 Å². The fraction of sp³-hybridized carbons (Fsp3) is 0.684. The molecule has 1 aromatic carbocycles. The standard InChI is InChI=1S/C19H30N2/c1-2-7-11-19(12-8-3-1)21-15-13-18(14-16-21)20-17-9-5-4-6-10-17/h4-6,9-10,18-20H,1-3,7-8,11-16H2. The highest BCUT2D eigenvalue weighted by atomic mass is 15.2. The van der Waals surface area contributed by atoms with Gasteiger partial charge in [0.05, 0.1) is 0 Å².